The molecule has 0 unspecified atom stereocenters. The summed E-state index contributed by atoms with van der Waals surface area (Å²) < 4.78 is 27.9. The molecule has 136 valence electrons. The van der Waals surface area contributed by atoms with E-state index in [1.54, 1.807) is 6.92 Å². The van der Waals surface area contributed by atoms with Gasteiger partial charge in [0.05, 0.1) is 27.5 Å². The number of rotatable bonds is 5. The number of hydrogen-bond acceptors (Lipinski definition) is 7. The number of ether oxygens (including phenoxy) is 1. The van der Waals surface area contributed by atoms with E-state index in [2.05, 4.69) is 5.32 Å². The van der Waals surface area contributed by atoms with Crippen molar-refractivity contribution in [2.45, 2.75) is 25.8 Å². The van der Waals surface area contributed by atoms with Gasteiger partial charge in [-0.3, -0.25) is 14.9 Å². The number of sulfone groups is 1. The van der Waals surface area contributed by atoms with Gasteiger partial charge in [-0.2, -0.15) is 0 Å². The Kier molecular flexibility index (Phi) is 5.12. The molecule has 0 spiro atoms. The molecule has 0 radical (unpaired) electrons. The number of esters is 1. The summed E-state index contributed by atoms with van der Waals surface area (Å²) in [5, 5.41) is 13.4. The van der Waals surface area contributed by atoms with Crippen molar-refractivity contribution in [3.8, 4) is 0 Å². The number of nitro groups is 1. The molecule has 9 nitrogen and oxygen atoms in total. The zero-order valence-corrected chi connectivity index (χ0v) is 14.6. The van der Waals surface area contributed by atoms with Gasteiger partial charge in [0.25, 0.3) is 11.6 Å². The third-order valence-corrected chi connectivity index (χ3v) is 5.82. The maximum atomic E-state index is 11.9. The minimum absolute atomic E-state index is 0.00337. The molecule has 1 aliphatic rings. The lowest BCUT2D eigenvalue weighted by Crippen LogP contribution is -2.48. The van der Waals surface area contributed by atoms with Crippen LogP contribution < -0.4 is 5.32 Å². The van der Waals surface area contributed by atoms with Crippen molar-refractivity contribution in [2.75, 3.05) is 18.1 Å². The van der Waals surface area contributed by atoms with Gasteiger partial charge in [-0.05, 0) is 26.3 Å². The van der Waals surface area contributed by atoms with Gasteiger partial charge in [-0.25, -0.2) is 13.2 Å². The van der Waals surface area contributed by atoms with Crippen molar-refractivity contribution in [3.63, 3.8) is 0 Å². The van der Waals surface area contributed by atoms with Gasteiger partial charge in [0, 0.05) is 11.6 Å². The number of hydrogen-bond donors (Lipinski definition) is 1. The molecule has 0 aromatic heterocycles. The molecule has 1 saturated heterocycles. The second-order valence-electron chi connectivity index (χ2n) is 6.29. The first-order valence-corrected chi connectivity index (χ1v) is 9.27. The second kappa shape index (κ2) is 6.79. The van der Waals surface area contributed by atoms with Crippen molar-refractivity contribution in [1.82, 2.24) is 5.32 Å². The standard InChI is InChI=1S/C15H18N2O7S/c1-10-3-4-11(7-12(10)17(20)21)14(19)24-8-13(18)16-15(2)5-6-25(22,23)9-15/h3-4,7H,5-6,8-9H2,1-2H3,(H,16,18)/t15-/m0/s1. The van der Waals surface area contributed by atoms with Gasteiger partial charge in [0.2, 0.25) is 0 Å². The first-order chi connectivity index (χ1) is 11.5. The number of nitro benzene ring substituents is 1. The van der Waals surface area contributed by atoms with Crippen LogP contribution in [0.1, 0.15) is 29.3 Å². The first-order valence-electron chi connectivity index (χ1n) is 7.45. The Morgan fingerprint density at radius 3 is 2.64 bits per heavy atom. The largest absolute Gasteiger partial charge is 0.452 e. The molecular formula is C15H18N2O7S. The van der Waals surface area contributed by atoms with Crippen molar-refractivity contribution in [2.24, 2.45) is 0 Å². The Morgan fingerprint density at radius 1 is 1.40 bits per heavy atom. The van der Waals surface area contributed by atoms with Crippen LogP contribution in [0.2, 0.25) is 0 Å². The van der Waals surface area contributed by atoms with E-state index in [0.717, 1.165) is 6.07 Å². The minimum atomic E-state index is -3.18. The number of carbonyl (C=O) groups excluding carboxylic acids is 2. The molecule has 0 bridgehead atoms. The van der Waals surface area contributed by atoms with Crippen molar-refractivity contribution in [3.05, 3.63) is 39.4 Å². The summed E-state index contributed by atoms with van der Waals surface area (Å²) >= 11 is 0. The zero-order chi connectivity index (χ0) is 18.8. The van der Waals surface area contributed by atoms with E-state index in [-0.39, 0.29) is 22.8 Å². The van der Waals surface area contributed by atoms with Crippen LogP contribution in [0.25, 0.3) is 0 Å². The Balaban J connectivity index is 1.95. The maximum Gasteiger partial charge on any atom is 0.338 e. The van der Waals surface area contributed by atoms with Crippen molar-refractivity contribution in [1.29, 1.82) is 0 Å². The number of aryl methyl sites for hydroxylation is 1. The summed E-state index contributed by atoms with van der Waals surface area (Å²) in [4.78, 5) is 34.1. The first kappa shape index (κ1) is 18.8. The lowest BCUT2D eigenvalue weighted by atomic mass is 10.0. The van der Waals surface area contributed by atoms with Crippen LogP contribution in [-0.4, -0.2) is 48.9 Å². The zero-order valence-electron chi connectivity index (χ0n) is 13.8. The summed E-state index contributed by atoms with van der Waals surface area (Å²) in [5.41, 5.74) is -0.748. The highest BCUT2D eigenvalue weighted by Gasteiger charge is 2.39. The van der Waals surface area contributed by atoms with E-state index in [9.17, 15) is 28.1 Å². The van der Waals surface area contributed by atoms with Crippen LogP contribution in [0.15, 0.2) is 18.2 Å². The quantitative estimate of drug-likeness (QED) is 0.459. The third kappa shape index (κ3) is 4.75. The molecule has 1 aromatic rings. The van der Waals surface area contributed by atoms with Crippen LogP contribution in [0.3, 0.4) is 0 Å². The molecular weight excluding hydrogens is 352 g/mol. The summed E-state index contributed by atoms with van der Waals surface area (Å²) in [6.07, 6.45) is 0.291. The average Bonchev–Trinajstić information content (AvgIpc) is 2.78. The van der Waals surface area contributed by atoms with Gasteiger partial charge < -0.3 is 10.1 Å². The molecule has 1 aliphatic heterocycles. The molecule has 2 rings (SSSR count). The van der Waals surface area contributed by atoms with E-state index in [4.69, 9.17) is 4.74 Å². The van der Waals surface area contributed by atoms with E-state index in [0.29, 0.717) is 12.0 Å². The molecule has 1 N–H and O–H groups in total. The molecule has 1 amide bonds. The van der Waals surface area contributed by atoms with E-state index in [1.165, 1.54) is 19.1 Å². The van der Waals surface area contributed by atoms with Gasteiger partial charge in [0.1, 0.15) is 0 Å². The third-order valence-electron chi connectivity index (χ3n) is 3.92. The molecule has 25 heavy (non-hydrogen) atoms. The van der Waals surface area contributed by atoms with Crippen LogP contribution in [0.5, 0.6) is 0 Å². The number of benzene rings is 1. The lowest BCUT2D eigenvalue weighted by Gasteiger charge is -2.23. The molecule has 1 fully saturated rings. The topological polar surface area (TPSA) is 133 Å². The number of amides is 1. The van der Waals surface area contributed by atoms with E-state index < -0.39 is 38.8 Å². The summed E-state index contributed by atoms with van der Waals surface area (Å²) in [6.45, 7) is 2.55. The molecule has 1 aromatic carbocycles. The Hall–Kier alpha value is -2.49. The maximum absolute atomic E-state index is 11.9. The number of carbonyl (C=O) groups is 2. The van der Waals surface area contributed by atoms with Gasteiger partial charge in [-0.1, -0.05) is 6.07 Å². The monoisotopic (exact) mass is 370 g/mol. The SMILES string of the molecule is Cc1ccc(C(=O)OCC(=O)N[C@@]2(C)CCS(=O)(=O)C2)cc1[N+](=O)[O-]. The van der Waals surface area contributed by atoms with Crippen LogP contribution in [0, 0.1) is 17.0 Å². The Labute approximate surface area is 144 Å². The molecule has 1 atom stereocenters. The Bertz CT molecular complexity index is 834. The van der Waals surface area contributed by atoms with Gasteiger partial charge >= 0.3 is 5.97 Å². The van der Waals surface area contributed by atoms with Crippen LogP contribution in [-0.2, 0) is 19.4 Å². The summed E-state index contributed by atoms with van der Waals surface area (Å²) in [6, 6.07) is 3.87. The molecule has 0 saturated carbocycles. The fourth-order valence-corrected chi connectivity index (χ4v) is 4.72. The van der Waals surface area contributed by atoms with Crippen molar-refractivity contribution >= 4 is 27.4 Å². The molecule has 10 heteroatoms. The molecule has 1 heterocycles. The highest BCUT2D eigenvalue weighted by atomic mass is 32.2. The highest BCUT2D eigenvalue weighted by Crippen LogP contribution is 2.23. The Morgan fingerprint density at radius 2 is 2.08 bits per heavy atom. The fourth-order valence-electron chi connectivity index (χ4n) is 2.63. The highest BCUT2D eigenvalue weighted by molar-refractivity contribution is 7.91. The average molecular weight is 370 g/mol. The second-order valence-corrected chi connectivity index (χ2v) is 8.47. The van der Waals surface area contributed by atoms with Crippen molar-refractivity contribution < 1.29 is 27.7 Å². The van der Waals surface area contributed by atoms with Crippen LogP contribution >= 0.6 is 0 Å². The van der Waals surface area contributed by atoms with Gasteiger partial charge in [0.15, 0.2) is 16.4 Å². The lowest BCUT2D eigenvalue weighted by molar-refractivity contribution is -0.385. The number of nitrogens with zero attached hydrogens (tertiary/aromatic N) is 1. The smallest absolute Gasteiger partial charge is 0.338 e. The summed E-state index contributed by atoms with van der Waals surface area (Å²) in [7, 11) is -3.18. The summed E-state index contributed by atoms with van der Waals surface area (Å²) in [5.74, 6) is -1.67. The predicted molar refractivity (Wildman–Crippen MR) is 87.9 cm³/mol. The minimum Gasteiger partial charge on any atom is -0.452 e. The molecule has 0 aliphatic carbocycles. The predicted octanol–water partition coefficient (Wildman–Crippen LogP) is 0.753. The fraction of sp³-hybridized carbons (Fsp3) is 0.467. The van der Waals surface area contributed by atoms with Crippen LogP contribution in [0.4, 0.5) is 5.69 Å². The number of nitrogens with one attached hydrogen (secondary N) is 1. The normalized spacial score (nSPS) is 21.5. The van der Waals surface area contributed by atoms with Gasteiger partial charge in [-0.15, -0.1) is 0 Å². The van der Waals surface area contributed by atoms with E-state index >= 15 is 0 Å². The van der Waals surface area contributed by atoms with E-state index in [1.807, 2.05) is 0 Å².